The minimum atomic E-state index is -0.922. The Morgan fingerprint density at radius 2 is 1.90 bits per heavy atom. The third kappa shape index (κ3) is 7.57. The van der Waals surface area contributed by atoms with Crippen LogP contribution in [0.4, 0.5) is 4.79 Å². The molecular weight excluding hydrogens is 519 g/mol. The van der Waals surface area contributed by atoms with Gasteiger partial charge in [-0.05, 0) is 88.4 Å². The minimum Gasteiger partial charge on any atom is -0.444 e. The maximum Gasteiger partial charge on any atom is 0.481 e. The molecule has 0 spiro atoms. The van der Waals surface area contributed by atoms with Gasteiger partial charge in [-0.3, -0.25) is 4.79 Å². The fraction of sp³-hybridized carbons (Fsp3) is 0.885. The van der Waals surface area contributed by atoms with Crippen LogP contribution in [-0.2, 0) is 18.8 Å². The third-order valence-corrected chi connectivity index (χ3v) is 8.50. The Morgan fingerprint density at radius 1 is 1.23 bits per heavy atom. The van der Waals surface area contributed by atoms with Crippen molar-refractivity contribution in [1.82, 2.24) is 16.1 Å². The third-order valence-electron chi connectivity index (χ3n) is 8.50. The zero-order valence-electron chi connectivity index (χ0n) is 25.2. The van der Waals surface area contributed by atoms with E-state index in [0.717, 1.165) is 12.8 Å². The number of hydrogen-bond acceptors (Lipinski definition) is 7. The number of hydrogen-bond donors (Lipinski definition) is 5. The number of amides is 2. The predicted molar refractivity (Wildman–Crippen MR) is 149 cm³/mol. The molecule has 0 aromatic heterocycles. The number of nitrogens with one attached hydrogen (secondary N) is 3. The van der Waals surface area contributed by atoms with Crippen LogP contribution in [0.1, 0.15) is 87.5 Å². The van der Waals surface area contributed by atoms with Crippen LogP contribution in [0.15, 0.2) is 4.99 Å². The van der Waals surface area contributed by atoms with Crippen molar-refractivity contribution in [2.24, 2.45) is 33.9 Å². The number of nitrogens with two attached hydrogens (primary N) is 1. The Labute approximate surface area is 237 Å². The van der Waals surface area contributed by atoms with Crippen LogP contribution in [0.2, 0.25) is 0 Å². The maximum absolute atomic E-state index is 13.6. The van der Waals surface area contributed by atoms with Gasteiger partial charge in [0.05, 0.1) is 17.6 Å². The largest absolute Gasteiger partial charge is 0.481 e. The van der Waals surface area contributed by atoms with Gasteiger partial charge in [0.1, 0.15) is 16.5 Å². The second-order valence-corrected chi connectivity index (χ2v) is 13.6. The topological polar surface area (TPSA) is 177 Å². The van der Waals surface area contributed by atoms with Crippen molar-refractivity contribution in [2.75, 3.05) is 6.54 Å². The molecule has 0 radical (unpaired) electrons. The smallest absolute Gasteiger partial charge is 0.444 e. The van der Waals surface area contributed by atoms with Gasteiger partial charge in [-0.2, -0.15) is 0 Å². The van der Waals surface area contributed by atoms with Crippen LogP contribution in [0.5, 0.6) is 0 Å². The van der Waals surface area contributed by atoms with Crippen LogP contribution in [0, 0.1) is 28.1 Å². The summed E-state index contributed by atoms with van der Waals surface area (Å²) in [5, 5.41) is 13.9. The fourth-order valence-corrected chi connectivity index (χ4v) is 6.45. The monoisotopic (exact) mass is 567 g/mol. The van der Waals surface area contributed by atoms with E-state index >= 15 is 0 Å². The SMILES string of the molecule is CC(C)C[C@H](NC(=O)[C@H](CCCN=C(N)N[N+](=O)O)NC(=O)OC(C)(C)C)B1O[C@@H]2C[C@@H]3C[C@@H](C3(C)C)[C@]2(C)O1. The van der Waals surface area contributed by atoms with E-state index in [0.29, 0.717) is 24.7 Å². The van der Waals surface area contributed by atoms with Gasteiger partial charge in [0.25, 0.3) is 5.96 Å². The van der Waals surface area contributed by atoms with Gasteiger partial charge >= 0.3 is 18.2 Å². The molecule has 2 bridgehead atoms. The summed E-state index contributed by atoms with van der Waals surface area (Å²) in [6.07, 6.45) is 2.56. The van der Waals surface area contributed by atoms with E-state index in [2.05, 4.69) is 50.2 Å². The van der Waals surface area contributed by atoms with Gasteiger partial charge in [0, 0.05) is 6.54 Å². The van der Waals surface area contributed by atoms with Crippen LogP contribution >= 0.6 is 0 Å². The van der Waals surface area contributed by atoms with E-state index in [9.17, 15) is 14.5 Å². The number of guanidine groups is 1. The second kappa shape index (κ2) is 12.1. The van der Waals surface area contributed by atoms with Gasteiger partial charge in [-0.15, -0.1) is 0 Å². The Morgan fingerprint density at radius 3 is 2.48 bits per heavy atom. The van der Waals surface area contributed by atoms with Crippen molar-refractivity contribution >= 4 is 25.1 Å². The highest BCUT2D eigenvalue weighted by atomic mass is 16.7. The predicted octanol–water partition coefficient (Wildman–Crippen LogP) is 2.45. The van der Waals surface area contributed by atoms with Gasteiger partial charge in [-0.25, -0.2) is 15.0 Å². The molecular formula is C26H48BN6O7+. The summed E-state index contributed by atoms with van der Waals surface area (Å²) < 4.78 is 18.5. The summed E-state index contributed by atoms with van der Waals surface area (Å²) >= 11 is 0. The summed E-state index contributed by atoms with van der Waals surface area (Å²) in [5.74, 6) is 0.190. The normalized spacial score (nSPS) is 28.7. The number of hydrazine groups is 1. The van der Waals surface area contributed by atoms with E-state index in [1.165, 1.54) is 0 Å². The highest BCUT2D eigenvalue weighted by molar-refractivity contribution is 6.47. The molecule has 6 atom stereocenters. The Bertz CT molecular complexity index is 987. The number of alkyl carbamates (subject to hydrolysis) is 1. The van der Waals surface area contributed by atoms with E-state index in [-0.39, 0.29) is 42.3 Å². The number of nitrogens with zero attached hydrogens (tertiary/aromatic N) is 2. The first kappa shape index (κ1) is 31.9. The van der Waals surface area contributed by atoms with E-state index in [1.807, 2.05) is 5.43 Å². The van der Waals surface area contributed by atoms with Gasteiger partial charge in [0.2, 0.25) is 5.91 Å². The lowest BCUT2D eigenvalue weighted by Gasteiger charge is -2.64. The summed E-state index contributed by atoms with van der Waals surface area (Å²) in [6.45, 7) is 16.3. The second-order valence-electron chi connectivity index (χ2n) is 13.6. The summed E-state index contributed by atoms with van der Waals surface area (Å²) in [7, 11) is -0.595. The van der Waals surface area contributed by atoms with Crippen molar-refractivity contribution in [1.29, 1.82) is 0 Å². The van der Waals surface area contributed by atoms with Crippen molar-refractivity contribution in [3.05, 3.63) is 4.91 Å². The number of rotatable bonds is 11. The average molecular weight is 568 g/mol. The number of carbonyl (C=O) groups is 2. The fourth-order valence-electron chi connectivity index (χ4n) is 6.45. The molecule has 0 unspecified atom stereocenters. The zero-order valence-corrected chi connectivity index (χ0v) is 25.2. The van der Waals surface area contributed by atoms with Crippen LogP contribution < -0.4 is 21.8 Å². The minimum absolute atomic E-state index is 0.0163. The lowest BCUT2D eigenvalue weighted by molar-refractivity contribution is -0.822. The summed E-state index contributed by atoms with van der Waals surface area (Å²) in [4.78, 5) is 40.7. The highest BCUT2D eigenvalue weighted by Gasteiger charge is 2.68. The first-order valence-corrected chi connectivity index (χ1v) is 14.3. The lowest BCUT2D eigenvalue weighted by atomic mass is 9.43. The molecule has 4 fully saturated rings. The number of ether oxygens (including phenoxy) is 1. The number of carbonyl (C=O) groups excluding carboxylic acids is 2. The molecule has 14 heteroatoms. The van der Waals surface area contributed by atoms with Crippen molar-refractivity contribution in [2.45, 2.75) is 117 Å². The van der Waals surface area contributed by atoms with E-state index in [1.54, 1.807) is 20.8 Å². The Balaban J connectivity index is 1.70. The molecule has 226 valence electrons. The van der Waals surface area contributed by atoms with Gasteiger partial charge in [0.15, 0.2) is 0 Å². The van der Waals surface area contributed by atoms with E-state index < -0.39 is 41.4 Å². The molecule has 40 heavy (non-hydrogen) atoms. The molecule has 3 aliphatic carbocycles. The molecule has 0 aromatic carbocycles. The molecule has 3 saturated carbocycles. The first-order valence-electron chi connectivity index (χ1n) is 14.3. The molecule has 2 amide bonds. The van der Waals surface area contributed by atoms with Crippen LogP contribution in [-0.4, -0.2) is 71.2 Å². The molecule has 1 saturated heterocycles. The summed E-state index contributed by atoms with van der Waals surface area (Å²) in [5.41, 5.74) is 6.46. The van der Waals surface area contributed by atoms with Crippen molar-refractivity contribution in [3.8, 4) is 0 Å². The summed E-state index contributed by atoms with van der Waals surface area (Å²) in [6, 6.07) is -0.922. The standard InChI is InChI=1S/C26H47BN6O7/c1-15(2)12-20(27-39-19-14-16-13-18(25(16,6)7)26(19,8)40-27)31-21(34)17(30-23(35)38-24(3,4)5)10-9-11-29-22(28)32-33(36)37/h15-20H,9-14H2,1-8H3,(H5-,28,29,30,31,32,34,35,36,37)/p+1/t16-,17-,18-,19+,20-,26-/m0/s1. The molecule has 4 rings (SSSR count). The molecule has 6 N–H and O–H groups in total. The highest BCUT2D eigenvalue weighted by Crippen LogP contribution is 2.65. The molecule has 4 aliphatic rings. The average Bonchev–Trinajstić information content (AvgIpc) is 3.15. The number of aliphatic imine (C=N–C) groups is 1. The Kier molecular flexibility index (Phi) is 9.65. The zero-order chi connectivity index (χ0) is 30.0. The molecule has 0 aromatic rings. The van der Waals surface area contributed by atoms with Crippen LogP contribution in [0.3, 0.4) is 0 Å². The molecule has 13 nitrogen and oxygen atoms in total. The molecule has 1 heterocycles. The Hall–Kier alpha value is -2.61. The van der Waals surface area contributed by atoms with E-state index in [4.69, 9.17) is 25.0 Å². The van der Waals surface area contributed by atoms with Gasteiger partial charge in [-0.1, -0.05) is 27.7 Å². The van der Waals surface area contributed by atoms with Crippen molar-refractivity contribution in [3.63, 3.8) is 0 Å². The maximum atomic E-state index is 13.6. The van der Waals surface area contributed by atoms with Gasteiger partial charge < -0.3 is 30.4 Å². The quantitative estimate of drug-likeness (QED) is 0.0825. The lowest BCUT2D eigenvalue weighted by Crippen LogP contribution is -2.65. The van der Waals surface area contributed by atoms with Crippen molar-refractivity contribution < 1.29 is 33.9 Å². The first-order chi connectivity index (χ1) is 18.4. The van der Waals surface area contributed by atoms with Crippen LogP contribution in [0.25, 0.3) is 0 Å². The molecule has 1 aliphatic heterocycles.